The van der Waals surface area contributed by atoms with Crippen LogP contribution in [-0.4, -0.2) is 48.2 Å². The van der Waals surface area contributed by atoms with Gasteiger partial charge in [0.05, 0.1) is 7.11 Å². The SMILES string of the molecule is COc1ccnc(C(=O)N[C@@H](C)C(=O)OC(C(C)C)[C@H](C)Oc2cc(F)cc(Cl)c2)c1OC(C)=O. The summed E-state index contributed by atoms with van der Waals surface area (Å²) in [7, 11) is 1.34. The quantitative estimate of drug-likeness (QED) is 0.478. The number of hydrogen-bond acceptors (Lipinski definition) is 8. The van der Waals surface area contributed by atoms with E-state index in [1.807, 2.05) is 13.8 Å². The number of aromatic nitrogens is 1. The number of halogens is 2. The molecule has 9 nitrogen and oxygen atoms in total. The Balaban J connectivity index is 2.12. The van der Waals surface area contributed by atoms with Crippen molar-refractivity contribution in [3.63, 3.8) is 0 Å². The normalized spacial score (nSPS) is 13.4. The molecule has 0 aliphatic carbocycles. The lowest BCUT2D eigenvalue weighted by molar-refractivity contribution is -0.158. The molecule has 2 rings (SSSR count). The first-order valence-electron chi connectivity index (χ1n) is 10.8. The Bertz CT molecular complexity index is 1060. The molecule has 11 heteroatoms. The van der Waals surface area contributed by atoms with E-state index < -0.39 is 41.9 Å². The number of hydrogen-bond donors (Lipinski definition) is 1. The zero-order valence-corrected chi connectivity index (χ0v) is 21.0. The highest BCUT2D eigenvalue weighted by molar-refractivity contribution is 6.30. The van der Waals surface area contributed by atoms with Crippen molar-refractivity contribution in [1.29, 1.82) is 0 Å². The molecule has 1 unspecified atom stereocenters. The van der Waals surface area contributed by atoms with Crippen LogP contribution >= 0.6 is 11.6 Å². The molecule has 2 aromatic rings. The summed E-state index contributed by atoms with van der Waals surface area (Å²) in [5, 5.41) is 2.65. The van der Waals surface area contributed by atoms with Crippen molar-refractivity contribution in [2.75, 3.05) is 7.11 Å². The van der Waals surface area contributed by atoms with E-state index in [9.17, 15) is 18.8 Å². The molecule has 190 valence electrons. The van der Waals surface area contributed by atoms with E-state index in [2.05, 4.69) is 10.3 Å². The second-order valence-corrected chi connectivity index (χ2v) is 8.49. The minimum atomic E-state index is -1.09. The highest BCUT2D eigenvalue weighted by Crippen LogP contribution is 2.30. The first-order chi connectivity index (χ1) is 16.4. The van der Waals surface area contributed by atoms with Gasteiger partial charge in [0, 0.05) is 30.3 Å². The third-order valence-electron chi connectivity index (χ3n) is 4.78. The average molecular weight is 511 g/mol. The number of benzene rings is 1. The molecule has 0 radical (unpaired) electrons. The van der Waals surface area contributed by atoms with E-state index >= 15 is 0 Å². The van der Waals surface area contributed by atoms with Crippen molar-refractivity contribution in [3.8, 4) is 17.2 Å². The third kappa shape index (κ3) is 7.81. The summed E-state index contributed by atoms with van der Waals surface area (Å²) in [6, 6.07) is 4.11. The molecule has 1 heterocycles. The molecule has 3 atom stereocenters. The molecule has 0 saturated carbocycles. The molecule has 35 heavy (non-hydrogen) atoms. The van der Waals surface area contributed by atoms with Crippen LogP contribution in [0.2, 0.25) is 5.02 Å². The number of esters is 2. The van der Waals surface area contributed by atoms with Gasteiger partial charge in [0.25, 0.3) is 5.91 Å². The number of ether oxygens (including phenoxy) is 4. The fourth-order valence-corrected chi connectivity index (χ4v) is 3.42. The van der Waals surface area contributed by atoms with Crippen molar-refractivity contribution >= 4 is 29.4 Å². The lowest BCUT2D eigenvalue weighted by Gasteiger charge is -2.29. The maximum absolute atomic E-state index is 13.6. The monoisotopic (exact) mass is 510 g/mol. The first-order valence-corrected chi connectivity index (χ1v) is 11.2. The van der Waals surface area contributed by atoms with Gasteiger partial charge >= 0.3 is 11.9 Å². The molecule has 0 fully saturated rings. The highest BCUT2D eigenvalue weighted by Gasteiger charge is 2.30. The first kappa shape index (κ1) is 27.8. The van der Waals surface area contributed by atoms with Crippen molar-refractivity contribution in [2.24, 2.45) is 5.92 Å². The predicted octanol–water partition coefficient (Wildman–Crippen LogP) is 3.96. The smallest absolute Gasteiger partial charge is 0.328 e. The highest BCUT2D eigenvalue weighted by atomic mass is 35.5. The number of pyridine rings is 1. The van der Waals surface area contributed by atoms with Crippen LogP contribution in [0.1, 0.15) is 45.1 Å². The van der Waals surface area contributed by atoms with Gasteiger partial charge in [-0.2, -0.15) is 0 Å². The van der Waals surface area contributed by atoms with Crippen LogP contribution in [0.5, 0.6) is 17.2 Å². The zero-order chi connectivity index (χ0) is 26.3. The lowest BCUT2D eigenvalue weighted by Crippen LogP contribution is -2.45. The molecule has 0 aliphatic heterocycles. The van der Waals surface area contributed by atoms with E-state index in [1.54, 1.807) is 6.92 Å². The van der Waals surface area contributed by atoms with Gasteiger partial charge in [-0.3, -0.25) is 9.59 Å². The minimum absolute atomic E-state index is 0.124. The van der Waals surface area contributed by atoms with E-state index in [0.717, 1.165) is 6.07 Å². The summed E-state index contributed by atoms with van der Waals surface area (Å²) >= 11 is 5.87. The van der Waals surface area contributed by atoms with Gasteiger partial charge in [0.1, 0.15) is 29.8 Å². The summed E-state index contributed by atoms with van der Waals surface area (Å²) in [5.41, 5.74) is -0.237. The van der Waals surface area contributed by atoms with Gasteiger partial charge in [0.2, 0.25) is 5.75 Å². The number of carbonyl (C=O) groups is 3. The Morgan fingerprint density at radius 2 is 1.80 bits per heavy atom. The van der Waals surface area contributed by atoms with E-state index in [4.69, 9.17) is 30.5 Å². The largest absolute Gasteiger partial charge is 0.493 e. The summed E-state index contributed by atoms with van der Waals surface area (Å²) in [6.07, 6.45) is -0.0817. The van der Waals surface area contributed by atoms with Gasteiger partial charge in [-0.15, -0.1) is 0 Å². The summed E-state index contributed by atoms with van der Waals surface area (Å²) in [6.45, 7) is 7.92. The Morgan fingerprint density at radius 3 is 2.37 bits per heavy atom. The van der Waals surface area contributed by atoms with Crippen LogP contribution in [0.15, 0.2) is 30.5 Å². The second-order valence-electron chi connectivity index (χ2n) is 8.05. The van der Waals surface area contributed by atoms with Gasteiger partial charge < -0.3 is 24.3 Å². The number of amides is 1. The number of methoxy groups -OCH3 is 1. The fourth-order valence-electron chi connectivity index (χ4n) is 3.21. The number of nitrogens with zero attached hydrogens (tertiary/aromatic N) is 1. The summed E-state index contributed by atoms with van der Waals surface area (Å²) in [4.78, 5) is 41.0. The van der Waals surface area contributed by atoms with Crippen LogP contribution in [0.25, 0.3) is 0 Å². The maximum Gasteiger partial charge on any atom is 0.328 e. The lowest BCUT2D eigenvalue weighted by atomic mass is 10.0. The molecule has 0 spiro atoms. The van der Waals surface area contributed by atoms with Crippen LogP contribution in [0.4, 0.5) is 4.39 Å². The Kier molecular flexibility index (Phi) is 9.82. The molecule has 1 aromatic carbocycles. The summed E-state index contributed by atoms with van der Waals surface area (Å²) in [5.74, 6) is -2.77. The minimum Gasteiger partial charge on any atom is -0.493 e. The van der Waals surface area contributed by atoms with E-state index in [0.29, 0.717) is 0 Å². The molecular formula is C24H28ClFN2O7. The fraction of sp³-hybridized carbons (Fsp3) is 0.417. The molecule has 0 bridgehead atoms. The zero-order valence-electron chi connectivity index (χ0n) is 20.3. The molecule has 0 aliphatic rings. The second kappa shape index (κ2) is 12.3. The van der Waals surface area contributed by atoms with Crippen molar-refractivity contribution < 1.29 is 37.7 Å². The predicted molar refractivity (Wildman–Crippen MR) is 125 cm³/mol. The van der Waals surface area contributed by atoms with Crippen molar-refractivity contribution in [3.05, 3.63) is 47.0 Å². The Morgan fingerprint density at radius 1 is 1.11 bits per heavy atom. The number of carbonyl (C=O) groups excluding carboxylic acids is 3. The number of rotatable bonds is 10. The third-order valence-corrected chi connectivity index (χ3v) is 5.00. The topological polar surface area (TPSA) is 113 Å². The van der Waals surface area contributed by atoms with E-state index in [1.165, 1.54) is 45.4 Å². The van der Waals surface area contributed by atoms with Crippen molar-refractivity contribution in [2.45, 2.75) is 52.9 Å². The van der Waals surface area contributed by atoms with Gasteiger partial charge in [-0.1, -0.05) is 25.4 Å². The maximum atomic E-state index is 13.6. The van der Waals surface area contributed by atoms with E-state index in [-0.39, 0.29) is 33.9 Å². The molecular weight excluding hydrogens is 483 g/mol. The molecule has 0 saturated heterocycles. The van der Waals surface area contributed by atoms with Gasteiger partial charge in [0.15, 0.2) is 11.4 Å². The van der Waals surface area contributed by atoms with Gasteiger partial charge in [-0.25, -0.2) is 14.2 Å². The molecule has 1 N–H and O–H groups in total. The van der Waals surface area contributed by atoms with Crippen LogP contribution in [0, 0.1) is 11.7 Å². The Hall–Kier alpha value is -3.40. The Labute approximate surface area is 207 Å². The van der Waals surface area contributed by atoms with Crippen LogP contribution in [0.3, 0.4) is 0 Å². The van der Waals surface area contributed by atoms with Crippen LogP contribution < -0.4 is 19.5 Å². The number of nitrogens with one attached hydrogen (secondary N) is 1. The molecule has 1 amide bonds. The standard InChI is InChI=1S/C24H28ClFN2O7/c1-12(2)21(14(4)33-18-10-16(25)9-17(26)11-18)35-24(31)13(3)28-23(30)20-22(34-15(5)29)19(32-6)7-8-27-20/h7-14,21H,1-6H3,(H,28,30)/t13-,14-,21?/m0/s1. The van der Waals surface area contributed by atoms with Gasteiger partial charge in [-0.05, 0) is 31.9 Å². The van der Waals surface area contributed by atoms with Crippen LogP contribution in [-0.2, 0) is 14.3 Å². The average Bonchev–Trinajstić information content (AvgIpc) is 2.75. The van der Waals surface area contributed by atoms with Crippen molar-refractivity contribution in [1.82, 2.24) is 10.3 Å². The summed E-state index contributed by atoms with van der Waals surface area (Å²) < 4.78 is 35.2. The molecule has 1 aromatic heterocycles.